The Bertz CT molecular complexity index is 653. The van der Waals surface area contributed by atoms with Crippen molar-refractivity contribution in [1.29, 1.82) is 0 Å². The molecule has 0 aliphatic heterocycles. The van der Waals surface area contributed by atoms with Crippen LogP contribution in [0.1, 0.15) is 27.9 Å². The molecule has 108 valence electrons. The van der Waals surface area contributed by atoms with Gasteiger partial charge in [0.1, 0.15) is 9.71 Å². The van der Waals surface area contributed by atoms with Gasteiger partial charge in [-0.25, -0.2) is 0 Å². The minimum Gasteiger partial charge on any atom is -0.397 e. The van der Waals surface area contributed by atoms with Crippen LogP contribution in [-0.2, 0) is 0 Å². The van der Waals surface area contributed by atoms with E-state index >= 15 is 0 Å². The number of nitrogens with two attached hydrogens (primary N) is 1. The van der Waals surface area contributed by atoms with Gasteiger partial charge in [-0.3, -0.25) is 4.79 Å². The van der Waals surface area contributed by atoms with E-state index in [4.69, 9.17) is 5.73 Å². The van der Waals surface area contributed by atoms with Gasteiger partial charge in [0.05, 0.1) is 11.4 Å². The molecular weight excluding hydrogens is 292 g/mol. The first-order valence-corrected chi connectivity index (χ1v) is 8.39. The number of aryl methyl sites for hydroxylation is 2. The lowest BCUT2D eigenvalue weighted by molar-refractivity contribution is 0.0959. The van der Waals surface area contributed by atoms with Crippen molar-refractivity contribution in [2.45, 2.75) is 26.0 Å². The molecule has 0 saturated carbocycles. The molecule has 1 atom stereocenters. The largest absolute Gasteiger partial charge is 0.397 e. The third-order valence-corrected chi connectivity index (χ3v) is 5.35. The number of thioether (sulfide) groups is 1. The number of rotatable bonds is 4. The molecule has 0 bridgehead atoms. The molecular formula is C13H18N4OS2. The SMILES string of the molecule is CSC(C)CNC(=O)c1sc2nnc(C)c(C)c2c1N. The predicted molar refractivity (Wildman–Crippen MR) is 86.6 cm³/mol. The summed E-state index contributed by atoms with van der Waals surface area (Å²) in [4.78, 5) is 13.5. The number of hydrogen-bond donors (Lipinski definition) is 2. The van der Waals surface area contributed by atoms with Crippen LogP contribution in [0.3, 0.4) is 0 Å². The van der Waals surface area contributed by atoms with E-state index in [0.29, 0.717) is 27.2 Å². The second kappa shape index (κ2) is 5.97. The summed E-state index contributed by atoms with van der Waals surface area (Å²) in [6.07, 6.45) is 2.02. The Balaban J connectivity index is 2.34. The number of aromatic nitrogens is 2. The average Bonchev–Trinajstić information content (AvgIpc) is 2.77. The molecule has 0 aromatic carbocycles. The molecule has 20 heavy (non-hydrogen) atoms. The number of anilines is 1. The van der Waals surface area contributed by atoms with E-state index in [1.165, 1.54) is 11.3 Å². The summed E-state index contributed by atoms with van der Waals surface area (Å²) >= 11 is 3.01. The van der Waals surface area contributed by atoms with Crippen LogP contribution in [-0.4, -0.2) is 34.2 Å². The predicted octanol–water partition coefficient (Wildman–Crippen LogP) is 2.37. The van der Waals surface area contributed by atoms with Crippen molar-refractivity contribution in [2.75, 3.05) is 18.5 Å². The van der Waals surface area contributed by atoms with Gasteiger partial charge < -0.3 is 11.1 Å². The first-order valence-electron chi connectivity index (χ1n) is 6.28. The molecule has 0 aliphatic rings. The van der Waals surface area contributed by atoms with Gasteiger partial charge in [-0.05, 0) is 25.7 Å². The molecule has 7 heteroatoms. The lowest BCUT2D eigenvalue weighted by Crippen LogP contribution is -2.29. The third kappa shape index (κ3) is 2.73. The van der Waals surface area contributed by atoms with E-state index in [1.54, 1.807) is 11.8 Å². The number of thiophene rings is 1. The Labute approximate surface area is 126 Å². The van der Waals surface area contributed by atoms with E-state index in [0.717, 1.165) is 16.6 Å². The zero-order valence-electron chi connectivity index (χ0n) is 12.0. The average molecular weight is 310 g/mol. The van der Waals surface area contributed by atoms with Gasteiger partial charge >= 0.3 is 0 Å². The van der Waals surface area contributed by atoms with Crippen molar-refractivity contribution in [1.82, 2.24) is 15.5 Å². The molecule has 1 unspecified atom stereocenters. The molecule has 2 heterocycles. The fourth-order valence-electron chi connectivity index (χ4n) is 1.81. The number of hydrogen-bond acceptors (Lipinski definition) is 6. The maximum Gasteiger partial charge on any atom is 0.263 e. The van der Waals surface area contributed by atoms with Gasteiger partial charge in [0.25, 0.3) is 5.91 Å². The topological polar surface area (TPSA) is 80.9 Å². The van der Waals surface area contributed by atoms with Crippen LogP contribution in [0.5, 0.6) is 0 Å². The number of carbonyl (C=O) groups is 1. The molecule has 0 fully saturated rings. The number of nitrogens with one attached hydrogen (secondary N) is 1. The Morgan fingerprint density at radius 2 is 2.15 bits per heavy atom. The highest BCUT2D eigenvalue weighted by Crippen LogP contribution is 2.34. The molecule has 0 aliphatic carbocycles. The fraction of sp³-hybridized carbons (Fsp3) is 0.462. The van der Waals surface area contributed by atoms with E-state index < -0.39 is 0 Å². The molecule has 2 aromatic heterocycles. The van der Waals surface area contributed by atoms with E-state index in [9.17, 15) is 4.79 Å². The van der Waals surface area contributed by atoms with Gasteiger partial charge in [0.2, 0.25) is 0 Å². The Morgan fingerprint density at radius 1 is 1.45 bits per heavy atom. The highest BCUT2D eigenvalue weighted by atomic mass is 32.2. The number of fused-ring (bicyclic) bond motifs is 1. The van der Waals surface area contributed by atoms with Crippen LogP contribution >= 0.6 is 23.1 Å². The summed E-state index contributed by atoms with van der Waals surface area (Å²) in [7, 11) is 0. The molecule has 2 rings (SSSR count). The molecule has 0 radical (unpaired) electrons. The first-order chi connectivity index (χ1) is 9.45. The maximum atomic E-state index is 12.2. The van der Waals surface area contributed by atoms with Gasteiger partial charge in [-0.2, -0.15) is 16.9 Å². The standard InChI is InChI=1S/C13H18N4OS2/c1-6(19-4)5-15-12(18)11-10(14)9-7(2)8(3)16-17-13(9)20-11/h6H,5,14H2,1-4H3,(H,15,18). The van der Waals surface area contributed by atoms with Crippen LogP contribution in [0, 0.1) is 13.8 Å². The minimum absolute atomic E-state index is 0.136. The van der Waals surface area contributed by atoms with Crippen LogP contribution in [0.2, 0.25) is 0 Å². The molecule has 0 spiro atoms. The van der Waals surface area contributed by atoms with Crippen molar-refractivity contribution < 1.29 is 4.79 Å². The third-order valence-electron chi connectivity index (χ3n) is 3.29. The lowest BCUT2D eigenvalue weighted by Gasteiger charge is -2.09. The molecule has 5 nitrogen and oxygen atoms in total. The van der Waals surface area contributed by atoms with E-state index in [2.05, 4.69) is 22.4 Å². The van der Waals surface area contributed by atoms with Crippen LogP contribution in [0.4, 0.5) is 5.69 Å². The quantitative estimate of drug-likeness (QED) is 0.906. The molecule has 1 amide bonds. The van der Waals surface area contributed by atoms with Crippen molar-refractivity contribution in [2.24, 2.45) is 0 Å². The zero-order valence-corrected chi connectivity index (χ0v) is 13.6. The fourth-order valence-corrected chi connectivity index (χ4v) is 3.08. The highest BCUT2D eigenvalue weighted by molar-refractivity contribution is 7.99. The van der Waals surface area contributed by atoms with Crippen molar-refractivity contribution in [3.8, 4) is 0 Å². The van der Waals surface area contributed by atoms with Crippen molar-refractivity contribution in [3.05, 3.63) is 16.1 Å². The van der Waals surface area contributed by atoms with Gasteiger partial charge in [0.15, 0.2) is 0 Å². The van der Waals surface area contributed by atoms with E-state index in [-0.39, 0.29) is 5.91 Å². The Hall–Kier alpha value is -1.34. The maximum absolute atomic E-state index is 12.2. The number of amides is 1. The van der Waals surface area contributed by atoms with Crippen molar-refractivity contribution >= 4 is 44.9 Å². The van der Waals surface area contributed by atoms with Crippen LogP contribution in [0.25, 0.3) is 10.2 Å². The van der Waals surface area contributed by atoms with Crippen molar-refractivity contribution in [3.63, 3.8) is 0 Å². The summed E-state index contributed by atoms with van der Waals surface area (Å²) in [6, 6.07) is 0. The summed E-state index contributed by atoms with van der Waals surface area (Å²) in [5.41, 5.74) is 8.46. The summed E-state index contributed by atoms with van der Waals surface area (Å²) < 4.78 is 0. The molecule has 2 aromatic rings. The van der Waals surface area contributed by atoms with Gasteiger partial charge in [0, 0.05) is 17.2 Å². The number of nitrogen functional groups attached to an aromatic ring is 1. The van der Waals surface area contributed by atoms with Crippen LogP contribution < -0.4 is 11.1 Å². The van der Waals surface area contributed by atoms with E-state index in [1.807, 2.05) is 20.1 Å². The Kier molecular flexibility index (Phi) is 4.49. The first kappa shape index (κ1) is 15.1. The monoisotopic (exact) mass is 310 g/mol. The molecule has 3 N–H and O–H groups in total. The second-order valence-corrected chi connectivity index (χ2v) is 6.97. The zero-order chi connectivity index (χ0) is 14.9. The summed E-state index contributed by atoms with van der Waals surface area (Å²) in [5, 5.41) is 12.3. The van der Waals surface area contributed by atoms with Gasteiger partial charge in [-0.1, -0.05) is 6.92 Å². The highest BCUT2D eigenvalue weighted by Gasteiger charge is 2.19. The van der Waals surface area contributed by atoms with Crippen LogP contribution in [0.15, 0.2) is 0 Å². The smallest absolute Gasteiger partial charge is 0.263 e. The lowest BCUT2D eigenvalue weighted by atomic mass is 10.1. The summed E-state index contributed by atoms with van der Waals surface area (Å²) in [5.74, 6) is -0.136. The Morgan fingerprint density at radius 3 is 2.80 bits per heavy atom. The normalized spacial score (nSPS) is 12.6. The minimum atomic E-state index is -0.136. The molecule has 0 saturated heterocycles. The second-order valence-electron chi connectivity index (χ2n) is 4.69. The summed E-state index contributed by atoms with van der Waals surface area (Å²) in [6.45, 7) is 6.53. The van der Waals surface area contributed by atoms with Gasteiger partial charge in [-0.15, -0.1) is 16.4 Å². The number of nitrogens with zero attached hydrogens (tertiary/aromatic N) is 2. The number of carbonyl (C=O) groups excluding carboxylic acids is 1.